The van der Waals surface area contributed by atoms with Gasteiger partial charge in [-0.3, -0.25) is 0 Å². The van der Waals surface area contributed by atoms with Crippen molar-refractivity contribution in [2.24, 2.45) is 5.73 Å². The molecule has 0 aliphatic carbocycles. The van der Waals surface area contributed by atoms with Gasteiger partial charge < -0.3 is 16.4 Å². The average Bonchev–Trinajstić information content (AvgIpc) is 2.35. The molecule has 0 bridgehead atoms. The number of hydrogen-bond donors (Lipinski definition) is 3. The molecule has 17 heavy (non-hydrogen) atoms. The second kappa shape index (κ2) is 15.9. The maximum atomic E-state index is 5.38. The van der Waals surface area contributed by atoms with Gasteiger partial charge in [0.25, 0.3) is 0 Å². The van der Waals surface area contributed by atoms with Crippen molar-refractivity contribution in [3.8, 4) is 0 Å². The van der Waals surface area contributed by atoms with Crippen LogP contribution in [0.1, 0.15) is 51.4 Å². The Morgan fingerprint density at radius 3 is 1.76 bits per heavy atom. The van der Waals surface area contributed by atoms with E-state index in [1.54, 1.807) is 0 Å². The summed E-state index contributed by atoms with van der Waals surface area (Å²) < 4.78 is 0. The molecular weight excluding hydrogens is 210 g/mol. The highest BCUT2D eigenvalue weighted by molar-refractivity contribution is 4.53. The highest BCUT2D eigenvalue weighted by atomic mass is 14.9. The number of hydrogen-bond acceptors (Lipinski definition) is 3. The standard InChI is InChI=1S/C14H32N3/c1-2-3-4-5-6-7-8-9-11-16-13-14-17-12-10-15/h16-17H,1-15H2. The van der Waals surface area contributed by atoms with Gasteiger partial charge in [-0.2, -0.15) is 0 Å². The number of rotatable bonds is 14. The van der Waals surface area contributed by atoms with Crippen molar-refractivity contribution in [3.63, 3.8) is 0 Å². The molecule has 0 spiro atoms. The number of unbranched alkanes of at least 4 members (excludes halogenated alkanes) is 7. The van der Waals surface area contributed by atoms with Gasteiger partial charge in [0.15, 0.2) is 0 Å². The zero-order chi connectivity index (χ0) is 12.6. The van der Waals surface area contributed by atoms with Crippen LogP contribution in [0.15, 0.2) is 0 Å². The van der Waals surface area contributed by atoms with Gasteiger partial charge in [-0.05, 0) is 13.0 Å². The lowest BCUT2D eigenvalue weighted by Gasteiger charge is -2.05. The van der Waals surface area contributed by atoms with Gasteiger partial charge in [-0.25, -0.2) is 0 Å². The lowest BCUT2D eigenvalue weighted by Crippen LogP contribution is -2.31. The highest BCUT2D eigenvalue weighted by Gasteiger charge is 1.91. The van der Waals surface area contributed by atoms with Crippen LogP contribution in [0.25, 0.3) is 0 Å². The molecule has 0 aliphatic heterocycles. The lowest BCUT2D eigenvalue weighted by molar-refractivity contribution is 0.550. The Kier molecular flexibility index (Phi) is 15.8. The smallest absolute Gasteiger partial charge is 0.00772 e. The molecule has 0 aliphatic rings. The predicted molar refractivity (Wildman–Crippen MR) is 77.1 cm³/mol. The molecule has 3 nitrogen and oxygen atoms in total. The van der Waals surface area contributed by atoms with E-state index >= 15 is 0 Å². The summed E-state index contributed by atoms with van der Waals surface area (Å²) in [6, 6.07) is 0. The van der Waals surface area contributed by atoms with E-state index < -0.39 is 0 Å². The lowest BCUT2D eigenvalue weighted by atomic mass is 10.1. The highest BCUT2D eigenvalue weighted by Crippen LogP contribution is 2.07. The Morgan fingerprint density at radius 2 is 1.18 bits per heavy atom. The molecule has 0 heterocycles. The Labute approximate surface area is 108 Å². The molecule has 0 saturated heterocycles. The van der Waals surface area contributed by atoms with Crippen LogP contribution in [0, 0.1) is 6.92 Å². The first-order chi connectivity index (χ1) is 8.41. The van der Waals surface area contributed by atoms with Gasteiger partial charge in [0.05, 0.1) is 0 Å². The van der Waals surface area contributed by atoms with Gasteiger partial charge in [-0.15, -0.1) is 0 Å². The van der Waals surface area contributed by atoms with Crippen LogP contribution < -0.4 is 16.4 Å². The van der Waals surface area contributed by atoms with Crippen LogP contribution in [0.3, 0.4) is 0 Å². The third-order valence-electron chi connectivity index (χ3n) is 2.90. The third kappa shape index (κ3) is 15.9. The summed E-state index contributed by atoms with van der Waals surface area (Å²) in [6.45, 7) is 8.76. The fourth-order valence-electron chi connectivity index (χ4n) is 1.84. The third-order valence-corrected chi connectivity index (χ3v) is 2.90. The van der Waals surface area contributed by atoms with E-state index in [1.165, 1.54) is 44.9 Å². The minimum Gasteiger partial charge on any atom is -0.329 e. The van der Waals surface area contributed by atoms with E-state index in [0.717, 1.165) is 39.1 Å². The maximum Gasteiger partial charge on any atom is 0.00772 e. The fourth-order valence-corrected chi connectivity index (χ4v) is 1.84. The molecule has 1 radical (unpaired) electrons. The molecule has 0 rings (SSSR count). The monoisotopic (exact) mass is 242 g/mol. The van der Waals surface area contributed by atoms with Crippen molar-refractivity contribution in [3.05, 3.63) is 6.92 Å². The van der Waals surface area contributed by atoms with Crippen molar-refractivity contribution < 1.29 is 0 Å². The van der Waals surface area contributed by atoms with Crippen LogP contribution in [-0.4, -0.2) is 32.7 Å². The zero-order valence-electron chi connectivity index (χ0n) is 11.5. The van der Waals surface area contributed by atoms with E-state index in [2.05, 4.69) is 17.6 Å². The summed E-state index contributed by atoms with van der Waals surface area (Å²) in [7, 11) is 0. The van der Waals surface area contributed by atoms with Crippen molar-refractivity contribution in [2.75, 3.05) is 32.7 Å². The van der Waals surface area contributed by atoms with Gasteiger partial charge in [-0.1, -0.05) is 51.9 Å². The van der Waals surface area contributed by atoms with E-state index in [0.29, 0.717) is 0 Å². The molecule has 4 N–H and O–H groups in total. The predicted octanol–water partition coefficient (Wildman–Crippen LogP) is 2.08. The average molecular weight is 242 g/mol. The summed E-state index contributed by atoms with van der Waals surface area (Å²) in [4.78, 5) is 0. The van der Waals surface area contributed by atoms with Crippen molar-refractivity contribution in [2.45, 2.75) is 51.4 Å². The SMILES string of the molecule is [CH2]CCCCCCCCCNCCNCCN. The molecule has 0 saturated carbocycles. The maximum absolute atomic E-state index is 5.38. The van der Waals surface area contributed by atoms with Crippen molar-refractivity contribution >= 4 is 0 Å². The summed E-state index contributed by atoms with van der Waals surface area (Å²) >= 11 is 0. The summed E-state index contributed by atoms with van der Waals surface area (Å²) in [5.41, 5.74) is 5.38. The van der Waals surface area contributed by atoms with Crippen LogP contribution >= 0.6 is 0 Å². The molecular formula is C14H32N3. The van der Waals surface area contributed by atoms with Gasteiger partial charge >= 0.3 is 0 Å². The van der Waals surface area contributed by atoms with E-state index in [4.69, 9.17) is 5.73 Å². The first-order valence-electron chi connectivity index (χ1n) is 7.32. The summed E-state index contributed by atoms with van der Waals surface area (Å²) in [5.74, 6) is 0. The topological polar surface area (TPSA) is 50.1 Å². The molecule has 0 aromatic heterocycles. The molecule has 0 aromatic rings. The molecule has 0 amide bonds. The fraction of sp³-hybridized carbons (Fsp3) is 0.929. The normalized spacial score (nSPS) is 10.9. The van der Waals surface area contributed by atoms with Gasteiger partial charge in [0.2, 0.25) is 0 Å². The first kappa shape index (κ1) is 16.9. The minimum atomic E-state index is 0.730. The molecule has 0 aromatic carbocycles. The Bertz CT molecular complexity index is 115. The second-order valence-corrected chi connectivity index (χ2v) is 4.62. The van der Waals surface area contributed by atoms with Crippen molar-refractivity contribution in [1.82, 2.24) is 10.6 Å². The zero-order valence-corrected chi connectivity index (χ0v) is 11.5. The van der Waals surface area contributed by atoms with E-state index in [1.807, 2.05) is 0 Å². The largest absolute Gasteiger partial charge is 0.329 e. The van der Waals surface area contributed by atoms with Crippen LogP contribution in [0.4, 0.5) is 0 Å². The Balaban J connectivity index is 2.85. The Hall–Kier alpha value is -0.120. The van der Waals surface area contributed by atoms with E-state index in [-0.39, 0.29) is 0 Å². The summed E-state index contributed by atoms with van der Waals surface area (Å²) in [5, 5.41) is 6.72. The van der Waals surface area contributed by atoms with Gasteiger partial charge in [0, 0.05) is 26.2 Å². The number of nitrogens with two attached hydrogens (primary N) is 1. The molecule has 103 valence electrons. The summed E-state index contributed by atoms with van der Waals surface area (Å²) in [6.07, 6.45) is 10.6. The molecule has 0 unspecified atom stereocenters. The Morgan fingerprint density at radius 1 is 0.647 bits per heavy atom. The number of nitrogens with one attached hydrogen (secondary N) is 2. The van der Waals surface area contributed by atoms with Crippen molar-refractivity contribution in [1.29, 1.82) is 0 Å². The van der Waals surface area contributed by atoms with Crippen LogP contribution in [0.2, 0.25) is 0 Å². The molecule has 0 fully saturated rings. The first-order valence-corrected chi connectivity index (χ1v) is 7.32. The molecule has 3 heteroatoms. The van der Waals surface area contributed by atoms with E-state index in [9.17, 15) is 0 Å². The minimum absolute atomic E-state index is 0.730. The second-order valence-electron chi connectivity index (χ2n) is 4.62. The molecule has 0 atom stereocenters. The quantitative estimate of drug-likeness (QED) is 0.409. The van der Waals surface area contributed by atoms with Crippen LogP contribution in [0.5, 0.6) is 0 Å². The van der Waals surface area contributed by atoms with Gasteiger partial charge in [0.1, 0.15) is 0 Å². The van der Waals surface area contributed by atoms with Crippen LogP contribution in [-0.2, 0) is 0 Å².